The third-order valence-corrected chi connectivity index (χ3v) is 4.26. The predicted octanol–water partition coefficient (Wildman–Crippen LogP) is 4.61. The van der Waals surface area contributed by atoms with Gasteiger partial charge in [0.05, 0.1) is 5.69 Å². The van der Waals surface area contributed by atoms with E-state index >= 15 is 0 Å². The van der Waals surface area contributed by atoms with Gasteiger partial charge in [0, 0.05) is 39.9 Å². The Kier molecular flexibility index (Phi) is 4.14. The highest BCUT2D eigenvalue weighted by atomic mass is 35.5. The van der Waals surface area contributed by atoms with Gasteiger partial charge in [-0.1, -0.05) is 23.7 Å². The summed E-state index contributed by atoms with van der Waals surface area (Å²) in [5.74, 6) is 0.488. The minimum absolute atomic E-state index is 0.179. The molecule has 1 N–H and O–H groups in total. The first-order chi connectivity index (χ1) is 12.6. The van der Waals surface area contributed by atoms with Crippen molar-refractivity contribution in [2.75, 3.05) is 5.32 Å². The van der Waals surface area contributed by atoms with Crippen LogP contribution in [-0.4, -0.2) is 20.3 Å². The van der Waals surface area contributed by atoms with Crippen molar-refractivity contribution in [3.63, 3.8) is 0 Å². The number of imidazole rings is 1. The maximum atomic E-state index is 12.3. The molecule has 0 aliphatic heterocycles. The van der Waals surface area contributed by atoms with Gasteiger partial charge in [-0.25, -0.2) is 9.97 Å². The molecule has 0 atom stereocenters. The number of fused-ring (bicyclic) bond motifs is 1. The van der Waals surface area contributed by atoms with Crippen LogP contribution in [0.1, 0.15) is 16.1 Å². The van der Waals surface area contributed by atoms with Crippen LogP contribution in [0.5, 0.6) is 0 Å². The number of carbonyl (C=O) groups is 1. The number of benzene rings is 2. The van der Waals surface area contributed by atoms with Gasteiger partial charge in [-0.3, -0.25) is 9.20 Å². The highest BCUT2D eigenvalue weighted by Crippen LogP contribution is 2.21. The number of anilines is 1. The van der Waals surface area contributed by atoms with Crippen LogP contribution < -0.4 is 5.32 Å². The van der Waals surface area contributed by atoms with Crippen molar-refractivity contribution in [2.24, 2.45) is 0 Å². The molecule has 2 heterocycles. The summed E-state index contributed by atoms with van der Waals surface area (Å²) < 4.78 is 1.89. The summed E-state index contributed by atoms with van der Waals surface area (Å²) in [5, 5.41) is 3.47. The molecule has 0 radical (unpaired) electrons. The molecule has 2 aromatic heterocycles. The highest BCUT2D eigenvalue weighted by Gasteiger charge is 2.08. The van der Waals surface area contributed by atoms with E-state index in [1.807, 2.05) is 54.0 Å². The van der Waals surface area contributed by atoms with Crippen molar-refractivity contribution in [1.82, 2.24) is 14.4 Å². The monoisotopic (exact) mass is 362 g/mol. The van der Waals surface area contributed by atoms with E-state index < -0.39 is 0 Å². The van der Waals surface area contributed by atoms with Crippen molar-refractivity contribution in [2.45, 2.75) is 6.92 Å². The van der Waals surface area contributed by atoms with Gasteiger partial charge in [0.1, 0.15) is 0 Å². The molecule has 6 heteroatoms. The van der Waals surface area contributed by atoms with Gasteiger partial charge in [0.25, 0.3) is 5.91 Å². The van der Waals surface area contributed by atoms with Crippen LogP contribution in [-0.2, 0) is 0 Å². The van der Waals surface area contributed by atoms with Gasteiger partial charge < -0.3 is 5.32 Å². The second-order valence-corrected chi connectivity index (χ2v) is 6.38. The molecular weight excluding hydrogens is 348 g/mol. The third-order valence-electron chi connectivity index (χ3n) is 4.01. The third kappa shape index (κ3) is 3.30. The van der Waals surface area contributed by atoms with E-state index in [4.69, 9.17) is 11.6 Å². The lowest BCUT2D eigenvalue weighted by atomic mass is 10.1. The van der Waals surface area contributed by atoms with E-state index in [0.717, 1.165) is 17.0 Å². The average molecular weight is 363 g/mol. The quantitative estimate of drug-likeness (QED) is 0.579. The van der Waals surface area contributed by atoms with E-state index in [1.54, 1.807) is 24.3 Å². The average Bonchev–Trinajstić information content (AvgIpc) is 3.06. The Morgan fingerprint density at radius 3 is 2.46 bits per heavy atom. The lowest BCUT2D eigenvalue weighted by molar-refractivity contribution is 0.102. The van der Waals surface area contributed by atoms with Crippen molar-refractivity contribution < 1.29 is 4.79 Å². The van der Waals surface area contributed by atoms with Gasteiger partial charge in [-0.05, 0) is 49.4 Å². The zero-order valence-corrected chi connectivity index (χ0v) is 14.7. The summed E-state index contributed by atoms with van der Waals surface area (Å²) in [7, 11) is 0. The second kappa shape index (κ2) is 6.61. The number of hydrogen-bond donors (Lipinski definition) is 1. The maximum Gasteiger partial charge on any atom is 0.255 e. The summed E-state index contributed by atoms with van der Waals surface area (Å²) >= 11 is 5.85. The molecule has 0 saturated carbocycles. The van der Waals surface area contributed by atoms with Gasteiger partial charge in [-0.2, -0.15) is 0 Å². The maximum absolute atomic E-state index is 12.3. The van der Waals surface area contributed by atoms with E-state index in [2.05, 4.69) is 15.3 Å². The van der Waals surface area contributed by atoms with Gasteiger partial charge >= 0.3 is 0 Å². The molecule has 0 spiro atoms. The van der Waals surface area contributed by atoms with E-state index in [-0.39, 0.29) is 5.91 Å². The first-order valence-electron chi connectivity index (χ1n) is 8.08. The lowest BCUT2D eigenvalue weighted by Crippen LogP contribution is -2.11. The molecule has 0 aliphatic rings. The Morgan fingerprint density at radius 1 is 1.00 bits per heavy atom. The fourth-order valence-corrected chi connectivity index (χ4v) is 2.75. The van der Waals surface area contributed by atoms with Crippen LogP contribution >= 0.6 is 11.6 Å². The molecular formula is C20H15ClN4O. The van der Waals surface area contributed by atoms with Crippen LogP contribution in [0.3, 0.4) is 0 Å². The zero-order valence-electron chi connectivity index (χ0n) is 14.0. The molecule has 26 heavy (non-hydrogen) atoms. The first-order valence-corrected chi connectivity index (χ1v) is 8.46. The SMILES string of the molecule is Cc1ccn2cc(-c3ccc(NC(=O)c4ccc(Cl)cc4)cc3)nc2n1. The Morgan fingerprint density at radius 2 is 1.73 bits per heavy atom. The number of aryl methyl sites for hydroxylation is 1. The number of halogens is 1. The molecule has 128 valence electrons. The summed E-state index contributed by atoms with van der Waals surface area (Å²) in [6.07, 6.45) is 3.87. The molecule has 4 aromatic rings. The number of nitrogens with zero attached hydrogens (tertiary/aromatic N) is 3. The Hall–Kier alpha value is -3.18. The summed E-state index contributed by atoms with van der Waals surface area (Å²) in [5.41, 5.74) is 3.98. The van der Waals surface area contributed by atoms with Crippen LogP contribution in [0.2, 0.25) is 5.02 Å². The van der Waals surface area contributed by atoms with Gasteiger partial charge in [0.15, 0.2) is 0 Å². The molecule has 4 rings (SSSR count). The summed E-state index contributed by atoms with van der Waals surface area (Å²) in [6, 6.07) is 16.3. The van der Waals surface area contributed by atoms with Gasteiger partial charge in [-0.15, -0.1) is 0 Å². The van der Waals surface area contributed by atoms with Gasteiger partial charge in [0.2, 0.25) is 5.78 Å². The van der Waals surface area contributed by atoms with Crippen molar-refractivity contribution in [3.8, 4) is 11.3 Å². The largest absolute Gasteiger partial charge is 0.322 e. The van der Waals surface area contributed by atoms with E-state index in [9.17, 15) is 4.79 Å². The standard InChI is InChI=1S/C20H15ClN4O/c1-13-10-11-25-12-18(24-20(25)22-13)14-4-8-17(9-5-14)23-19(26)15-2-6-16(21)7-3-15/h2-12H,1H3,(H,23,26). The predicted molar refractivity (Wildman–Crippen MR) is 103 cm³/mol. The first kappa shape index (κ1) is 16.3. The fourth-order valence-electron chi connectivity index (χ4n) is 2.63. The number of rotatable bonds is 3. The summed E-state index contributed by atoms with van der Waals surface area (Å²) in [6.45, 7) is 1.94. The normalized spacial score (nSPS) is 10.8. The van der Waals surface area contributed by atoms with E-state index in [1.165, 1.54) is 0 Å². The van der Waals surface area contributed by atoms with Crippen LogP contribution in [0.4, 0.5) is 5.69 Å². The van der Waals surface area contributed by atoms with Crippen molar-refractivity contribution >= 4 is 29.0 Å². The van der Waals surface area contributed by atoms with Crippen LogP contribution in [0, 0.1) is 6.92 Å². The molecule has 2 aromatic carbocycles. The molecule has 5 nitrogen and oxygen atoms in total. The van der Waals surface area contributed by atoms with Crippen molar-refractivity contribution in [3.05, 3.63) is 83.3 Å². The Labute approximate surface area is 155 Å². The minimum atomic E-state index is -0.179. The van der Waals surface area contributed by atoms with Crippen molar-refractivity contribution in [1.29, 1.82) is 0 Å². The highest BCUT2D eigenvalue weighted by molar-refractivity contribution is 6.30. The minimum Gasteiger partial charge on any atom is -0.322 e. The number of nitrogens with one attached hydrogen (secondary N) is 1. The number of amides is 1. The molecule has 0 saturated heterocycles. The number of aromatic nitrogens is 3. The van der Waals surface area contributed by atoms with Crippen LogP contribution in [0.25, 0.3) is 17.0 Å². The van der Waals surface area contributed by atoms with Crippen LogP contribution in [0.15, 0.2) is 67.0 Å². The topological polar surface area (TPSA) is 59.3 Å². The molecule has 0 fully saturated rings. The summed E-state index contributed by atoms with van der Waals surface area (Å²) in [4.78, 5) is 21.2. The number of hydrogen-bond acceptors (Lipinski definition) is 3. The molecule has 0 bridgehead atoms. The zero-order chi connectivity index (χ0) is 18.1. The fraction of sp³-hybridized carbons (Fsp3) is 0.0500. The molecule has 1 amide bonds. The Balaban J connectivity index is 1.54. The van der Waals surface area contributed by atoms with E-state index in [0.29, 0.717) is 22.1 Å². The molecule has 0 aliphatic carbocycles. The smallest absolute Gasteiger partial charge is 0.255 e. The second-order valence-electron chi connectivity index (χ2n) is 5.94. The number of carbonyl (C=O) groups excluding carboxylic acids is 1. The Bertz CT molecular complexity index is 1090. The molecule has 0 unspecified atom stereocenters. The lowest BCUT2D eigenvalue weighted by Gasteiger charge is -2.06.